The zero-order valence-electron chi connectivity index (χ0n) is 15.2. The lowest BCUT2D eigenvalue weighted by molar-refractivity contribution is 0.408. The van der Waals surface area contributed by atoms with Gasteiger partial charge in [0.05, 0.1) is 5.69 Å². The number of phenols is 1. The number of hydrogen-bond acceptors (Lipinski definition) is 3. The largest absolute Gasteiger partial charge is 0.507 e. The minimum absolute atomic E-state index is 0.128. The lowest BCUT2D eigenvalue weighted by atomic mass is 9.78. The highest BCUT2D eigenvalue weighted by Gasteiger charge is 2.26. The summed E-state index contributed by atoms with van der Waals surface area (Å²) in [6, 6.07) is 5.99. The van der Waals surface area contributed by atoms with Gasteiger partial charge in [0.1, 0.15) is 5.75 Å². The highest BCUT2D eigenvalue weighted by atomic mass is 16.5. The first-order chi connectivity index (χ1) is 10.5. The Morgan fingerprint density at radius 3 is 1.83 bits per heavy atom. The van der Waals surface area contributed by atoms with E-state index in [9.17, 15) is 5.11 Å². The van der Waals surface area contributed by atoms with Gasteiger partial charge in [0.15, 0.2) is 5.76 Å². The predicted molar refractivity (Wildman–Crippen MR) is 95.7 cm³/mol. The Bertz CT molecular complexity index is 690. The summed E-state index contributed by atoms with van der Waals surface area (Å²) in [5, 5.41) is 14.6. The molecule has 23 heavy (non-hydrogen) atoms. The number of aryl methyl sites for hydroxylation is 1. The molecule has 0 aliphatic heterocycles. The van der Waals surface area contributed by atoms with Gasteiger partial charge in [0.2, 0.25) is 0 Å². The molecule has 0 atom stereocenters. The Morgan fingerprint density at radius 1 is 0.913 bits per heavy atom. The quantitative estimate of drug-likeness (QED) is 0.801. The Balaban J connectivity index is 2.53. The summed E-state index contributed by atoms with van der Waals surface area (Å²) in [6.07, 6.45) is 3.91. The van der Waals surface area contributed by atoms with E-state index >= 15 is 0 Å². The van der Waals surface area contributed by atoms with Crippen molar-refractivity contribution >= 4 is 12.2 Å². The fraction of sp³-hybridized carbons (Fsp3) is 0.450. The molecule has 0 aliphatic carbocycles. The van der Waals surface area contributed by atoms with Crippen molar-refractivity contribution in [3.05, 3.63) is 46.3 Å². The average molecular weight is 313 g/mol. The maximum atomic E-state index is 10.7. The lowest BCUT2D eigenvalue weighted by Crippen LogP contribution is -2.17. The molecule has 0 amide bonds. The normalized spacial score (nSPS) is 13.0. The molecule has 0 saturated carbocycles. The first-order valence-corrected chi connectivity index (χ1v) is 7.98. The third-order valence-electron chi connectivity index (χ3n) is 3.83. The minimum atomic E-state index is -0.128. The number of nitrogens with zero attached hydrogens (tertiary/aromatic N) is 1. The zero-order chi connectivity index (χ0) is 17.4. The van der Waals surface area contributed by atoms with E-state index in [-0.39, 0.29) is 10.8 Å². The van der Waals surface area contributed by atoms with Crippen LogP contribution < -0.4 is 0 Å². The Kier molecular flexibility index (Phi) is 4.43. The van der Waals surface area contributed by atoms with Crippen LogP contribution in [0.5, 0.6) is 5.75 Å². The van der Waals surface area contributed by atoms with E-state index in [1.165, 1.54) is 0 Å². The van der Waals surface area contributed by atoms with Crippen LogP contribution in [0, 0.1) is 6.92 Å². The highest BCUT2D eigenvalue weighted by Crippen LogP contribution is 2.40. The van der Waals surface area contributed by atoms with Crippen molar-refractivity contribution in [2.45, 2.75) is 59.3 Å². The van der Waals surface area contributed by atoms with E-state index in [1.54, 1.807) is 0 Å². The first-order valence-electron chi connectivity index (χ1n) is 7.98. The number of aromatic nitrogens is 1. The monoisotopic (exact) mass is 313 g/mol. The molecule has 1 aromatic heterocycles. The molecule has 0 spiro atoms. The molecule has 1 heterocycles. The molecule has 0 radical (unpaired) electrons. The fourth-order valence-electron chi connectivity index (χ4n) is 2.54. The fourth-order valence-corrected chi connectivity index (χ4v) is 2.54. The predicted octanol–water partition coefficient (Wildman–Crippen LogP) is 5.45. The van der Waals surface area contributed by atoms with Crippen molar-refractivity contribution in [1.29, 1.82) is 0 Å². The molecule has 1 N–H and O–H groups in total. The van der Waals surface area contributed by atoms with Crippen LogP contribution in [-0.2, 0) is 10.8 Å². The zero-order valence-corrected chi connectivity index (χ0v) is 15.2. The number of benzene rings is 1. The number of aromatic hydroxyl groups is 1. The van der Waals surface area contributed by atoms with Crippen molar-refractivity contribution in [1.82, 2.24) is 5.16 Å². The van der Waals surface area contributed by atoms with Crippen molar-refractivity contribution in [2.75, 3.05) is 0 Å². The van der Waals surface area contributed by atoms with Crippen LogP contribution in [0.2, 0.25) is 0 Å². The van der Waals surface area contributed by atoms with Crippen molar-refractivity contribution < 1.29 is 9.63 Å². The third-order valence-corrected chi connectivity index (χ3v) is 3.83. The molecule has 0 unspecified atom stereocenters. The molecule has 0 saturated heterocycles. The highest BCUT2D eigenvalue weighted by molar-refractivity contribution is 5.70. The Hall–Kier alpha value is -2.03. The molecule has 3 heteroatoms. The summed E-state index contributed by atoms with van der Waals surface area (Å²) in [5.41, 5.74) is 3.57. The molecule has 0 fully saturated rings. The smallest absolute Gasteiger partial charge is 0.159 e. The van der Waals surface area contributed by atoms with Gasteiger partial charge in [-0.3, -0.25) is 0 Å². The first kappa shape index (κ1) is 17.3. The summed E-state index contributed by atoms with van der Waals surface area (Å²) >= 11 is 0. The summed E-state index contributed by atoms with van der Waals surface area (Å²) in [5.74, 6) is 1.13. The van der Waals surface area contributed by atoms with Crippen LogP contribution in [-0.4, -0.2) is 10.3 Å². The second kappa shape index (κ2) is 5.88. The molecule has 2 aromatic rings. The Morgan fingerprint density at radius 2 is 1.43 bits per heavy atom. The molecule has 3 nitrogen and oxygen atoms in total. The summed E-state index contributed by atoms with van der Waals surface area (Å²) in [7, 11) is 0. The molecule has 1 aromatic carbocycles. The topological polar surface area (TPSA) is 46.3 Å². The van der Waals surface area contributed by atoms with E-state index in [0.717, 1.165) is 28.1 Å². The van der Waals surface area contributed by atoms with Crippen LogP contribution >= 0.6 is 0 Å². The van der Waals surface area contributed by atoms with Gasteiger partial charge in [-0.25, -0.2) is 0 Å². The maximum absolute atomic E-state index is 10.7. The summed E-state index contributed by atoms with van der Waals surface area (Å²) in [6.45, 7) is 14.6. The molecule has 124 valence electrons. The number of hydrogen-bond donors (Lipinski definition) is 1. The van der Waals surface area contributed by atoms with E-state index < -0.39 is 0 Å². The lowest BCUT2D eigenvalue weighted by Gasteiger charge is -2.27. The van der Waals surface area contributed by atoms with Crippen LogP contribution in [0.25, 0.3) is 12.2 Å². The van der Waals surface area contributed by atoms with Gasteiger partial charge in [-0.15, -0.1) is 0 Å². The maximum Gasteiger partial charge on any atom is 0.159 e. The van der Waals surface area contributed by atoms with Crippen molar-refractivity contribution in [3.63, 3.8) is 0 Å². The summed E-state index contributed by atoms with van der Waals surface area (Å²) < 4.78 is 5.22. The van der Waals surface area contributed by atoms with E-state index in [2.05, 4.69) is 46.7 Å². The molecule has 0 aliphatic rings. The van der Waals surface area contributed by atoms with Gasteiger partial charge in [0, 0.05) is 17.2 Å². The standard InChI is InChI=1S/C20H27NO2/c1-13-10-15(23-21-13)9-8-14-11-16(19(2,3)4)18(22)17(12-14)20(5,6)7/h8-12,22H,1-7H3/b9-8+. The van der Waals surface area contributed by atoms with E-state index in [0.29, 0.717) is 5.75 Å². The van der Waals surface area contributed by atoms with Gasteiger partial charge < -0.3 is 9.63 Å². The molecular weight excluding hydrogens is 286 g/mol. The van der Waals surface area contributed by atoms with Gasteiger partial charge in [0.25, 0.3) is 0 Å². The van der Waals surface area contributed by atoms with Crippen molar-refractivity contribution in [3.8, 4) is 5.75 Å². The second-order valence-corrected chi connectivity index (χ2v) is 8.17. The average Bonchev–Trinajstić information content (AvgIpc) is 2.80. The van der Waals surface area contributed by atoms with Crippen LogP contribution in [0.4, 0.5) is 0 Å². The second-order valence-electron chi connectivity index (χ2n) is 8.17. The molecule has 0 bridgehead atoms. The van der Waals surface area contributed by atoms with E-state index in [1.807, 2.05) is 37.3 Å². The van der Waals surface area contributed by atoms with Crippen LogP contribution in [0.3, 0.4) is 0 Å². The van der Waals surface area contributed by atoms with Gasteiger partial charge in [-0.1, -0.05) is 52.8 Å². The van der Waals surface area contributed by atoms with Gasteiger partial charge >= 0.3 is 0 Å². The van der Waals surface area contributed by atoms with Gasteiger partial charge in [-0.2, -0.15) is 0 Å². The SMILES string of the molecule is Cc1cc(/C=C/c2cc(C(C)(C)C)c(O)c(C(C)(C)C)c2)on1. The van der Waals surface area contributed by atoms with Crippen LogP contribution in [0.15, 0.2) is 22.7 Å². The van der Waals surface area contributed by atoms with Gasteiger partial charge in [-0.05, 0) is 41.5 Å². The minimum Gasteiger partial charge on any atom is -0.507 e. The molecule has 2 rings (SSSR count). The van der Waals surface area contributed by atoms with Crippen LogP contribution in [0.1, 0.15) is 69.7 Å². The Labute approximate surface area is 139 Å². The number of rotatable bonds is 2. The van der Waals surface area contributed by atoms with Crippen molar-refractivity contribution in [2.24, 2.45) is 0 Å². The number of phenolic OH excluding ortho intramolecular Hbond substituents is 1. The van der Waals surface area contributed by atoms with E-state index in [4.69, 9.17) is 4.52 Å². The summed E-state index contributed by atoms with van der Waals surface area (Å²) in [4.78, 5) is 0. The third kappa shape index (κ3) is 4.04. The molecular formula is C20H27NO2.